The van der Waals surface area contributed by atoms with Crippen molar-refractivity contribution in [3.63, 3.8) is 0 Å². The predicted octanol–water partition coefficient (Wildman–Crippen LogP) is 2.92. The summed E-state index contributed by atoms with van der Waals surface area (Å²) in [5.41, 5.74) is 7.20. The van der Waals surface area contributed by atoms with Crippen LogP contribution in [0.3, 0.4) is 0 Å². The van der Waals surface area contributed by atoms with Gasteiger partial charge in [-0.1, -0.05) is 30.0 Å². The second-order valence-corrected chi connectivity index (χ2v) is 7.94. The first-order chi connectivity index (χ1) is 12.5. The lowest BCUT2D eigenvalue weighted by atomic mass is 10.2. The first-order valence-corrected chi connectivity index (χ1v) is 9.68. The second-order valence-electron chi connectivity index (χ2n) is 5.68. The largest absolute Gasteiger partial charge is 0.378 e. The van der Waals surface area contributed by atoms with Crippen molar-refractivity contribution in [1.82, 2.24) is 15.8 Å². The van der Waals surface area contributed by atoms with Crippen molar-refractivity contribution < 1.29 is 9.59 Å². The summed E-state index contributed by atoms with van der Waals surface area (Å²) in [5, 5.41) is 0. The fourth-order valence-corrected chi connectivity index (χ4v) is 4.07. The first-order valence-electron chi connectivity index (χ1n) is 7.88. The third-order valence-corrected chi connectivity index (χ3v) is 5.72. The van der Waals surface area contributed by atoms with Crippen LogP contribution in [-0.2, 0) is 4.79 Å². The van der Waals surface area contributed by atoms with E-state index in [2.05, 4.69) is 15.8 Å². The number of nitrogens with zero attached hydrogens (tertiary/aromatic N) is 2. The van der Waals surface area contributed by atoms with Gasteiger partial charge in [-0.2, -0.15) is 0 Å². The Morgan fingerprint density at radius 3 is 2.69 bits per heavy atom. The standard InChI is InChI=1S/C18H18N4O2S2/c1-22(2)13-7-5-6-12(10-13)17(24)21-20-16(23)11-25-18-19-14-8-3-4-9-15(14)26-18/h3-10H,11H2,1-2H3,(H,20,23)(H,21,24). The molecule has 0 aliphatic heterocycles. The molecule has 1 aromatic heterocycles. The van der Waals surface area contributed by atoms with Gasteiger partial charge in [-0.15, -0.1) is 11.3 Å². The summed E-state index contributed by atoms with van der Waals surface area (Å²) in [6.07, 6.45) is 0. The normalized spacial score (nSPS) is 10.5. The maximum Gasteiger partial charge on any atom is 0.269 e. The minimum atomic E-state index is -0.355. The quantitative estimate of drug-likeness (QED) is 0.521. The summed E-state index contributed by atoms with van der Waals surface area (Å²) in [7, 11) is 3.80. The molecule has 2 amide bonds. The van der Waals surface area contributed by atoms with Gasteiger partial charge in [0.1, 0.15) is 0 Å². The van der Waals surface area contributed by atoms with Crippen LogP contribution in [0.25, 0.3) is 10.2 Å². The molecular weight excluding hydrogens is 368 g/mol. The molecule has 3 aromatic rings. The van der Waals surface area contributed by atoms with Gasteiger partial charge in [0.2, 0.25) is 5.91 Å². The zero-order valence-corrected chi connectivity index (χ0v) is 16.0. The number of hydrogen-bond acceptors (Lipinski definition) is 6. The van der Waals surface area contributed by atoms with Gasteiger partial charge in [0.05, 0.1) is 16.0 Å². The summed E-state index contributed by atoms with van der Waals surface area (Å²) in [5.74, 6) is -0.462. The Balaban J connectivity index is 1.50. The number of para-hydroxylation sites is 1. The van der Waals surface area contributed by atoms with E-state index >= 15 is 0 Å². The highest BCUT2D eigenvalue weighted by atomic mass is 32.2. The van der Waals surface area contributed by atoms with E-state index in [9.17, 15) is 9.59 Å². The number of aromatic nitrogens is 1. The van der Waals surface area contributed by atoms with Crippen molar-refractivity contribution >= 4 is 50.8 Å². The van der Waals surface area contributed by atoms with E-state index in [1.807, 2.05) is 49.3 Å². The van der Waals surface area contributed by atoms with Gasteiger partial charge in [0.15, 0.2) is 4.34 Å². The van der Waals surface area contributed by atoms with Crippen molar-refractivity contribution in [3.05, 3.63) is 54.1 Å². The topological polar surface area (TPSA) is 74.3 Å². The van der Waals surface area contributed by atoms with Crippen LogP contribution in [0.15, 0.2) is 52.9 Å². The lowest BCUT2D eigenvalue weighted by Gasteiger charge is -2.13. The van der Waals surface area contributed by atoms with Crippen LogP contribution < -0.4 is 15.8 Å². The van der Waals surface area contributed by atoms with E-state index in [4.69, 9.17) is 0 Å². The zero-order valence-electron chi connectivity index (χ0n) is 14.4. The molecule has 0 saturated heterocycles. The summed E-state index contributed by atoms with van der Waals surface area (Å²) < 4.78 is 1.91. The molecule has 0 atom stereocenters. The smallest absolute Gasteiger partial charge is 0.269 e. The molecule has 0 saturated carbocycles. The molecule has 3 rings (SSSR count). The lowest BCUT2D eigenvalue weighted by molar-refractivity contribution is -0.119. The zero-order chi connectivity index (χ0) is 18.5. The molecule has 134 valence electrons. The molecule has 0 fully saturated rings. The second kappa shape index (κ2) is 8.20. The molecule has 1 heterocycles. The molecular formula is C18H18N4O2S2. The van der Waals surface area contributed by atoms with Gasteiger partial charge >= 0.3 is 0 Å². The van der Waals surface area contributed by atoms with Crippen molar-refractivity contribution in [3.8, 4) is 0 Å². The van der Waals surface area contributed by atoms with Crippen LogP contribution >= 0.6 is 23.1 Å². The Morgan fingerprint density at radius 1 is 1.12 bits per heavy atom. The van der Waals surface area contributed by atoms with Gasteiger partial charge in [0.25, 0.3) is 5.91 Å². The summed E-state index contributed by atoms with van der Waals surface area (Å²) in [6.45, 7) is 0. The number of hydrazine groups is 1. The highest BCUT2D eigenvalue weighted by Crippen LogP contribution is 2.28. The van der Waals surface area contributed by atoms with E-state index in [1.165, 1.54) is 11.8 Å². The molecule has 0 unspecified atom stereocenters. The van der Waals surface area contributed by atoms with Crippen molar-refractivity contribution in [2.24, 2.45) is 0 Å². The highest BCUT2D eigenvalue weighted by molar-refractivity contribution is 8.01. The highest BCUT2D eigenvalue weighted by Gasteiger charge is 2.10. The minimum absolute atomic E-state index is 0.178. The summed E-state index contributed by atoms with van der Waals surface area (Å²) in [4.78, 5) is 30.5. The van der Waals surface area contributed by atoms with Crippen LogP contribution in [0.2, 0.25) is 0 Å². The molecule has 2 N–H and O–H groups in total. The fraction of sp³-hybridized carbons (Fsp3) is 0.167. The molecule has 26 heavy (non-hydrogen) atoms. The monoisotopic (exact) mass is 386 g/mol. The average molecular weight is 387 g/mol. The summed E-state index contributed by atoms with van der Waals surface area (Å²) in [6, 6.07) is 15.0. The molecule has 0 bridgehead atoms. The molecule has 0 aliphatic rings. The molecule has 0 aliphatic carbocycles. The maximum absolute atomic E-state index is 12.2. The molecule has 0 radical (unpaired) electrons. The molecule has 6 nitrogen and oxygen atoms in total. The Hall–Kier alpha value is -2.58. The third-order valence-electron chi connectivity index (χ3n) is 3.54. The van der Waals surface area contributed by atoms with Crippen LogP contribution in [0, 0.1) is 0 Å². The number of fused-ring (bicyclic) bond motifs is 1. The molecule has 8 heteroatoms. The Morgan fingerprint density at radius 2 is 1.92 bits per heavy atom. The van der Waals surface area contributed by atoms with E-state index in [-0.39, 0.29) is 17.6 Å². The van der Waals surface area contributed by atoms with E-state index < -0.39 is 0 Å². The first kappa shape index (κ1) is 18.2. The lowest BCUT2D eigenvalue weighted by Crippen LogP contribution is -2.42. The number of carbonyl (C=O) groups is 2. The molecule has 0 spiro atoms. The number of thiazole rings is 1. The van der Waals surface area contributed by atoms with Crippen molar-refractivity contribution in [1.29, 1.82) is 0 Å². The Labute approximate surface area is 159 Å². The van der Waals surface area contributed by atoms with Crippen LogP contribution in [-0.4, -0.2) is 36.6 Å². The number of carbonyl (C=O) groups excluding carboxylic acids is 2. The number of amides is 2. The van der Waals surface area contributed by atoms with E-state index in [0.717, 1.165) is 20.2 Å². The summed E-state index contributed by atoms with van der Waals surface area (Å²) >= 11 is 2.89. The van der Waals surface area contributed by atoms with E-state index in [0.29, 0.717) is 5.56 Å². The van der Waals surface area contributed by atoms with Gasteiger partial charge in [-0.3, -0.25) is 20.4 Å². The number of hydrogen-bond donors (Lipinski definition) is 2. The average Bonchev–Trinajstić information content (AvgIpc) is 3.07. The number of nitrogens with one attached hydrogen (secondary N) is 2. The maximum atomic E-state index is 12.2. The number of rotatable bonds is 5. The van der Waals surface area contributed by atoms with Crippen molar-refractivity contribution in [2.45, 2.75) is 4.34 Å². The Kier molecular flexibility index (Phi) is 5.75. The third kappa shape index (κ3) is 4.53. The van der Waals surface area contributed by atoms with Crippen LogP contribution in [0.5, 0.6) is 0 Å². The predicted molar refractivity (Wildman–Crippen MR) is 107 cm³/mol. The van der Waals surface area contributed by atoms with Crippen molar-refractivity contribution in [2.75, 3.05) is 24.7 Å². The molecule has 2 aromatic carbocycles. The SMILES string of the molecule is CN(C)c1cccc(C(=O)NNC(=O)CSc2nc3ccccc3s2)c1. The minimum Gasteiger partial charge on any atom is -0.378 e. The van der Waals surface area contributed by atoms with Crippen LogP contribution in [0.1, 0.15) is 10.4 Å². The van der Waals surface area contributed by atoms with Gasteiger partial charge in [0, 0.05) is 25.3 Å². The number of thioether (sulfide) groups is 1. The fourth-order valence-electron chi connectivity index (χ4n) is 2.20. The van der Waals surface area contributed by atoms with Gasteiger partial charge in [-0.05, 0) is 30.3 Å². The van der Waals surface area contributed by atoms with Crippen LogP contribution in [0.4, 0.5) is 5.69 Å². The van der Waals surface area contributed by atoms with E-state index in [1.54, 1.807) is 29.5 Å². The Bertz CT molecular complexity index is 907. The number of anilines is 1. The van der Waals surface area contributed by atoms with Gasteiger partial charge < -0.3 is 4.90 Å². The number of benzene rings is 2. The van der Waals surface area contributed by atoms with Gasteiger partial charge in [-0.25, -0.2) is 4.98 Å².